The molecule has 0 amide bonds. The molecule has 0 saturated heterocycles. The summed E-state index contributed by atoms with van der Waals surface area (Å²) in [6, 6.07) is 0. The molecule has 8 heteroatoms. The van der Waals surface area contributed by atoms with Crippen molar-refractivity contribution in [1.29, 1.82) is 0 Å². The van der Waals surface area contributed by atoms with E-state index in [4.69, 9.17) is 5.14 Å². The number of halogens is 1. The van der Waals surface area contributed by atoms with E-state index in [1.165, 1.54) is 0 Å². The third-order valence-corrected chi connectivity index (χ3v) is 2.23. The Labute approximate surface area is 121 Å². The van der Waals surface area contributed by atoms with Crippen LogP contribution in [0.4, 0.5) is 0 Å². The number of nitrogens with one attached hydrogen (secondary N) is 2. The van der Waals surface area contributed by atoms with Crippen LogP contribution in [0.5, 0.6) is 0 Å². The van der Waals surface area contributed by atoms with E-state index in [0.29, 0.717) is 5.96 Å². The summed E-state index contributed by atoms with van der Waals surface area (Å²) in [6.07, 6.45) is 0. The minimum absolute atomic E-state index is 0. The Morgan fingerprint density at radius 3 is 2.24 bits per heavy atom. The van der Waals surface area contributed by atoms with Crippen LogP contribution in [0.25, 0.3) is 0 Å². The molecule has 6 nitrogen and oxygen atoms in total. The Morgan fingerprint density at radius 2 is 1.88 bits per heavy atom. The number of rotatable bonds is 4. The number of sulfonamides is 1. The standard InChI is InChI=1S/C9H22N4O2S.HI/c1-5-11-8(13-9(2,3)4)12-6-7-16(10,14)15;/h5-7H2,1-4H3,(H2,10,14,15)(H2,11,12,13);1H. The fourth-order valence-corrected chi connectivity index (χ4v) is 1.29. The van der Waals surface area contributed by atoms with Crippen molar-refractivity contribution in [3.8, 4) is 0 Å². The van der Waals surface area contributed by atoms with E-state index < -0.39 is 10.0 Å². The highest BCUT2D eigenvalue weighted by Crippen LogP contribution is 1.97. The molecule has 4 N–H and O–H groups in total. The van der Waals surface area contributed by atoms with E-state index in [1.807, 2.05) is 27.7 Å². The van der Waals surface area contributed by atoms with Crippen molar-refractivity contribution in [2.24, 2.45) is 10.1 Å². The van der Waals surface area contributed by atoms with E-state index in [0.717, 1.165) is 6.54 Å². The molecule has 0 bridgehead atoms. The van der Waals surface area contributed by atoms with Crippen LogP contribution in [0.15, 0.2) is 4.99 Å². The summed E-state index contributed by atoms with van der Waals surface area (Å²) in [5.41, 5.74) is -0.122. The third-order valence-electron chi connectivity index (χ3n) is 1.48. The average molecular weight is 378 g/mol. The van der Waals surface area contributed by atoms with Gasteiger partial charge in [0.2, 0.25) is 10.0 Å². The summed E-state index contributed by atoms with van der Waals surface area (Å²) in [6.45, 7) is 8.82. The van der Waals surface area contributed by atoms with Gasteiger partial charge in [0.05, 0.1) is 12.3 Å². The van der Waals surface area contributed by atoms with E-state index >= 15 is 0 Å². The molecule has 0 unspecified atom stereocenters. The molecule has 0 spiro atoms. The highest BCUT2D eigenvalue weighted by atomic mass is 127. The zero-order chi connectivity index (χ0) is 12.8. The predicted molar refractivity (Wildman–Crippen MR) is 82.3 cm³/mol. The topological polar surface area (TPSA) is 96.6 Å². The largest absolute Gasteiger partial charge is 0.357 e. The summed E-state index contributed by atoms with van der Waals surface area (Å²) in [5.74, 6) is 0.451. The molecule has 0 rings (SSSR count). The molecule has 0 aromatic heterocycles. The maximum Gasteiger partial charge on any atom is 0.210 e. The van der Waals surface area contributed by atoms with Gasteiger partial charge in [0, 0.05) is 12.1 Å². The first-order valence-electron chi connectivity index (χ1n) is 5.21. The van der Waals surface area contributed by atoms with Gasteiger partial charge in [-0.2, -0.15) is 0 Å². The van der Waals surface area contributed by atoms with Gasteiger partial charge in [-0.25, -0.2) is 13.6 Å². The van der Waals surface area contributed by atoms with E-state index in [1.54, 1.807) is 0 Å². The zero-order valence-electron chi connectivity index (χ0n) is 10.8. The van der Waals surface area contributed by atoms with Crippen LogP contribution in [-0.4, -0.2) is 38.8 Å². The first-order valence-corrected chi connectivity index (χ1v) is 6.92. The molecule has 0 aromatic rings. The molecule has 0 radical (unpaired) electrons. The quantitative estimate of drug-likeness (QED) is 0.371. The maximum atomic E-state index is 10.7. The molecule has 0 heterocycles. The lowest BCUT2D eigenvalue weighted by atomic mass is 10.1. The lowest BCUT2D eigenvalue weighted by Gasteiger charge is -2.23. The van der Waals surface area contributed by atoms with E-state index in [9.17, 15) is 8.42 Å². The molecular weight excluding hydrogens is 355 g/mol. The maximum absolute atomic E-state index is 10.7. The van der Waals surface area contributed by atoms with Gasteiger partial charge in [0.25, 0.3) is 0 Å². The highest BCUT2D eigenvalue weighted by molar-refractivity contribution is 14.0. The summed E-state index contributed by atoms with van der Waals surface area (Å²) in [5, 5.41) is 11.1. The number of guanidine groups is 1. The van der Waals surface area contributed by atoms with Crippen molar-refractivity contribution >= 4 is 40.0 Å². The van der Waals surface area contributed by atoms with Crippen LogP contribution >= 0.6 is 24.0 Å². The Kier molecular flexibility index (Phi) is 9.16. The fraction of sp³-hybridized carbons (Fsp3) is 0.889. The second-order valence-corrected chi connectivity index (χ2v) is 6.24. The average Bonchev–Trinajstić information content (AvgIpc) is 1.98. The lowest BCUT2D eigenvalue weighted by Crippen LogP contribution is -2.47. The highest BCUT2D eigenvalue weighted by Gasteiger charge is 2.11. The summed E-state index contributed by atoms with van der Waals surface area (Å²) < 4.78 is 21.4. The van der Waals surface area contributed by atoms with Gasteiger partial charge in [-0.1, -0.05) is 0 Å². The summed E-state index contributed by atoms with van der Waals surface area (Å²) in [7, 11) is -3.44. The monoisotopic (exact) mass is 378 g/mol. The molecule has 0 aliphatic carbocycles. The first-order chi connectivity index (χ1) is 7.14. The molecule has 0 saturated carbocycles. The molecule has 0 aromatic carbocycles. The Bertz CT molecular complexity index is 335. The van der Waals surface area contributed by atoms with Crippen molar-refractivity contribution in [2.75, 3.05) is 18.8 Å². The van der Waals surface area contributed by atoms with E-state index in [2.05, 4.69) is 15.6 Å². The van der Waals surface area contributed by atoms with E-state index in [-0.39, 0.29) is 41.8 Å². The fourth-order valence-electron chi connectivity index (χ4n) is 0.947. The number of primary sulfonamides is 1. The minimum Gasteiger partial charge on any atom is -0.357 e. The molecule has 104 valence electrons. The van der Waals surface area contributed by atoms with Crippen LogP contribution in [0.2, 0.25) is 0 Å². The zero-order valence-corrected chi connectivity index (χ0v) is 13.9. The van der Waals surface area contributed by atoms with Gasteiger partial charge in [0.1, 0.15) is 0 Å². The number of nitrogens with zero attached hydrogens (tertiary/aromatic N) is 1. The molecule has 0 aliphatic heterocycles. The molecule has 0 atom stereocenters. The SMILES string of the molecule is CCNC(=NCCS(N)(=O)=O)NC(C)(C)C.I. The van der Waals surface area contributed by atoms with Crippen LogP contribution in [0, 0.1) is 0 Å². The predicted octanol–water partition coefficient (Wildman–Crippen LogP) is 0.247. The molecule has 0 aliphatic rings. The molecule has 0 fully saturated rings. The summed E-state index contributed by atoms with van der Waals surface area (Å²) >= 11 is 0. The van der Waals surface area contributed by atoms with Gasteiger partial charge in [-0.15, -0.1) is 24.0 Å². The number of hydrogen-bond acceptors (Lipinski definition) is 3. The number of aliphatic imine (C=N–C) groups is 1. The Morgan fingerprint density at radius 1 is 1.35 bits per heavy atom. The summed E-state index contributed by atoms with van der Waals surface area (Å²) in [4.78, 5) is 4.12. The molecule has 17 heavy (non-hydrogen) atoms. The third kappa shape index (κ3) is 13.8. The Hall–Kier alpha value is -0.0900. The Balaban J connectivity index is 0. The van der Waals surface area contributed by atoms with Crippen molar-refractivity contribution in [3.05, 3.63) is 0 Å². The van der Waals surface area contributed by atoms with Crippen LogP contribution < -0.4 is 15.8 Å². The van der Waals surface area contributed by atoms with Gasteiger partial charge in [0.15, 0.2) is 5.96 Å². The van der Waals surface area contributed by atoms with Crippen molar-refractivity contribution in [3.63, 3.8) is 0 Å². The molecular formula is C9H23IN4O2S. The first kappa shape index (κ1) is 19.3. The van der Waals surface area contributed by atoms with Crippen LogP contribution in [-0.2, 0) is 10.0 Å². The van der Waals surface area contributed by atoms with Gasteiger partial charge in [-0.3, -0.25) is 4.99 Å². The van der Waals surface area contributed by atoms with Gasteiger partial charge < -0.3 is 10.6 Å². The van der Waals surface area contributed by atoms with Crippen LogP contribution in [0.1, 0.15) is 27.7 Å². The van der Waals surface area contributed by atoms with Gasteiger partial charge >= 0.3 is 0 Å². The second-order valence-electron chi connectivity index (χ2n) is 4.50. The van der Waals surface area contributed by atoms with Crippen molar-refractivity contribution < 1.29 is 8.42 Å². The normalized spacial score (nSPS) is 12.9. The number of hydrogen-bond donors (Lipinski definition) is 3. The van der Waals surface area contributed by atoms with Crippen LogP contribution in [0.3, 0.4) is 0 Å². The van der Waals surface area contributed by atoms with Crippen molar-refractivity contribution in [2.45, 2.75) is 33.2 Å². The lowest BCUT2D eigenvalue weighted by molar-refractivity contribution is 0.502. The van der Waals surface area contributed by atoms with Crippen molar-refractivity contribution in [1.82, 2.24) is 10.6 Å². The smallest absolute Gasteiger partial charge is 0.210 e. The van der Waals surface area contributed by atoms with Gasteiger partial charge in [-0.05, 0) is 27.7 Å². The minimum atomic E-state index is -3.44. The number of nitrogens with two attached hydrogens (primary N) is 1. The second kappa shape index (κ2) is 8.09.